The highest BCUT2D eigenvalue weighted by molar-refractivity contribution is 7.92. The Kier molecular flexibility index (Phi) is 10.8. The number of hydrogen-bond donors (Lipinski definition) is 1. The average molecular weight is 632 g/mol. The van der Waals surface area contributed by atoms with Gasteiger partial charge in [0.1, 0.15) is 12.6 Å². The lowest BCUT2D eigenvalue weighted by Crippen LogP contribution is -2.54. The van der Waals surface area contributed by atoms with Crippen molar-refractivity contribution in [2.45, 2.75) is 57.6 Å². The first-order chi connectivity index (χ1) is 21.0. The fourth-order valence-corrected chi connectivity index (χ4v) is 6.70. The normalized spacial score (nSPS) is 12.0. The molecule has 0 aliphatic heterocycles. The van der Waals surface area contributed by atoms with Gasteiger partial charge in [0.2, 0.25) is 11.8 Å². The van der Waals surface area contributed by atoms with Crippen molar-refractivity contribution in [3.05, 3.63) is 130 Å². The molecule has 0 radical (unpaired) electrons. The Morgan fingerprint density at radius 1 is 0.818 bits per heavy atom. The van der Waals surface area contributed by atoms with Gasteiger partial charge >= 0.3 is 0 Å². The maximum absolute atomic E-state index is 14.5. The monoisotopic (exact) mass is 631 g/mol. The van der Waals surface area contributed by atoms with E-state index >= 15 is 0 Å². The third-order valence-corrected chi connectivity index (χ3v) is 9.26. The van der Waals surface area contributed by atoms with Crippen LogP contribution in [0.2, 0.25) is 5.02 Å². The first-order valence-corrected chi connectivity index (χ1v) is 16.3. The smallest absolute Gasteiger partial charge is 0.264 e. The number of anilines is 1. The van der Waals surface area contributed by atoms with Gasteiger partial charge in [0, 0.05) is 24.0 Å². The SMILES string of the molecule is Cc1cc(C)cc(N(CC(=O)N(Cc2ccccc2Cl)C(Cc2ccccc2)C(=O)NC(C)C)S(=O)(=O)c2ccccc2)c1. The second kappa shape index (κ2) is 14.6. The van der Waals surface area contributed by atoms with Crippen molar-refractivity contribution in [1.29, 1.82) is 0 Å². The number of carbonyl (C=O) groups is 2. The third kappa shape index (κ3) is 8.27. The molecule has 0 aliphatic rings. The first-order valence-electron chi connectivity index (χ1n) is 14.5. The molecule has 4 rings (SSSR count). The highest BCUT2D eigenvalue weighted by Gasteiger charge is 2.35. The minimum atomic E-state index is -4.16. The van der Waals surface area contributed by atoms with Crippen molar-refractivity contribution in [1.82, 2.24) is 10.2 Å². The third-order valence-electron chi connectivity index (χ3n) is 7.11. The van der Waals surface area contributed by atoms with Crippen molar-refractivity contribution in [2.24, 2.45) is 0 Å². The molecule has 7 nitrogen and oxygen atoms in total. The summed E-state index contributed by atoms with van der Waals surface area (Å²) in [6.45, 7) is 6.94. The Hall–Kier alpha value is -4.14. The molecule has 4 aromatic carbocycles. The van der Waals surface area contributed by atoms with Crippen LogP contribution in [0.4, 0.5) is 5.69 Å². The molecule has 0 fully saturated rings. The number of nitrogens with zero attached hydrogens (tertiary/aromatic N) is 2. The summed E-state index contributed by atoms with van der Waals surface area (Å²) in [5.41, 5.74) is 3.57. The predicted octanol–water partition coefficient (Wildman–Crippen LogP) is 6.32. The molecular formula is C35H38ClN3O4S. The van der Waals surface area contributed by atoms with E-state index in [0.29, 0.717) is 16.3 Å². The molecule has 44 heavy (non-hydrogen) atoms. The molecule has 1 N–H and O–H groups in total. The number of aryl methyl sites for hydroxylation is 2. The van der Waals surface area contributed by atoms with Crippen LogP contribution in [0.15, 0.2) is 108 Å². The van der Waals surface area contributed by atoms with E-state index in [0.717, 1.165) is 21.0 Å². The van der Waals surface area contributed by atoms with Crippen molar-refractivity contribution in [3.8, 4) is 0 Å². The fraction of sp³-hybridized carbons (Fsp3) is 0.257. The average Bonchev–Trinajstić information content (AvgIpc) is 2.98. The van der Waals surface area contributed by atoms with Crippen LogP contribution in [0.5, 0.6) is 0 Å². The highest BCUT2D eigenvalue weighted by Crippen LogP contribution is 2.27. The Bertz CT molecular complexity index is 1680. The Balaban J connectivity index is 1.83. The van der Waals surface area contributed by atoms with Crippen molar-refractivity contribution in [3.63, 3.8) is 0 Å². The zero-order valence-corrected chi connectivity index (χ0v) is 27.0. The molecule has 230 valence electrons. The lowest BCUT2D eigenvalue weighted by atomic mass is 10.0. The van der Waals surface area contributed by atoms with Crippen LogP contribution in [0.25, 0.3) is 0 Å². The van der Waals surface area contributed by atoms with E-state index < -0.39 is 28.5 Å². The summed E-state index contributed by atoms with van der Waals surface area (Å²) >= 11 is 6.55. The van der Waals surface area contributed by atoms with Crippen LogP contribution in [-0.4, -0.2) is 43.8 Å². The molecule has 1 unspecified atom stereocenters. The van der Waals surface area contributed by atoms with Gasteiger partial charge in [-0.2, -0.15) is 0 Å². The topological polar surface area (TPSA) is 86.8 Å². The van der Waals surface area contributed by atoms with Crippen molar-refractivity contribution in [2.75, 3.05) is 10.8 Å². The zero-order chi connectivity index (χ0) is 31.9. The van der Waals surface area contributed by atoms with E-state index in [1.807, 2.05) is 70.2 Å². The zero-order valence-electron chi connectivity index (χ0n) is 25.4. The summed E-state index contributed by atoms with van der Waals surface area (Å²) in [6, 6.07) is 28.9. The number of halogens is 1. The molecular weight excluding hydrogens is 594 g/mol. The molecule has 0 saturated carbocycles. The maximum Gasteiger partial charge on any atom is 0.264 e. The Morgan fingerprint density at radius 3 is 1.98 bits per heavy atom. The second-order valence-electron chi connectivity index (χ2n) is 11.2. The van der Waals surface area contributed by atoms with Crippen LogP contribution >= 0.6 is 11.6 Å². The van der Waals surface area contributed by atoms with E-state index in [1.165, 1.54) is 17.0 Å². The number of hydrogen-bond acceptors (Lipinski definition) is 4. The summed E-state index contributed by atoms with van der Waals surface area (Å²) < 4.78 is 29.4. The van der Waals surface area contributed by atoms with Crippen LogP contribution in [0.1, 0.15) is 36.1 Å². The summed E-state index contributed by atoms with van der Waals surface area (Å²) in [5.74, 6) is -0.878. The first kappa shape index (κ1) is 32.8. The number of carbonyl (C=O) groups excluding carboxylic acids is 2. The molecule has 0 spiro atoms. The molecule has 9 heteroatoms. The van der Waals surface area contributed by atoms with Gasteiger partial charge in [0.05, 0.1) is 10.6 Å². The van der Waals surface area contributed by atoms with Gasteiger partial charge < -0.3 is 10.2 Å². The quantitative estimate of drug-likeness (QED) is 0.198. The van der Waals surface area contributed by atoms with Gasteiger partial charge in [-0.05, 0) is 80.3 Å². The minimum absolute atomic E-state index is 0.00753. The van der Waals surface area contributed by atoms with Crippen LogP contribution < -0.4 is 9.62 Å². The predicted molar refractivity (Wildman–Crippen MR) is 176 cm³/mol. The second-order valence-corrected chi connectivity index (χ2v) is 13.4. The lowest BCUT2D eigenvalue weighted by molar-refractivity contribution is -0.140. The largest absolute Gasteiger partial charge is 0.352 e. The molecule has 0 saturated heterocycles. The summed E-state index contributed by atoms with van der Waals surface area (Å²) in [4.78, 5) is 29.8. The van der Waals surface area contributed by atoms with Crippen LogP contribution in [0.3, 0.4) is 0 Å². The standard InChI is InChI=1S/C35H38ClN3O4S/c1-25(2)37-35(41)33(22-28-13-7-5-8-14-28)38(23-29-15-11-12-18-32(29)36)34(40)24-39(30-20-26(3)19-27(4)21-30)44(42,43)31-16-9-6-10-17-31/h5-21,25,33H,22-24H2,1-4H3,(H,37,41). The van der Waals surface area contributed by atoms with E-state index in [9.17, 15) is 18.0 Å². The van der Waals surface area contributed by atoms with Gasteiger partial charge in [-0.25, -0.2) is 8.42 Å². The number of rotatable bonds is 12. The highest BCUT2D eigenvalue weighted by atomic mass is 35.5. The van der Waals surface area contributed by atoms with Gasteiger partial charge in [0.25, 0.3) is 10.0 Å². The number of benzene rings is 4. The van der Waals surface area contributed by atoms with Crippen LogP contribution in [0, 0.1) is 13.8 Å². The van der Waals surface area contributed by atoms with Gasteiger partial charge in [-0.1, -0.05) is 84.4 Å². The molecule has 0 aromatic heterocycles. The Labute approximate surface area is 265 Å². The van der Waals surface area contributed by atoms with Crippen molar-refractivity contribution < 1.29 is 18.0 Å². The molecule has 4 aromatic rings. The van der Waals surface area contributed by atoms with Gasteiger partial charge in [-0.3, -0.25) is 13.9 Å². The molecule has 1 atom stereocenters. The number of sulfonamides is 1. The number of nitrogens with one attached hydrogen (secondary N) is 1. The minimum Gasteiger partial charge on any atom is -0.352 e. The fourth-order valence-electron chi connectivity index (χ4n) is 5.09. The molecule has 0 aliphatic carbocycles. The van der Waals surface area contributed by atoms with E-state index in [2.05, 4.69) is 5.32 Å². The molecule has 0 bridgehead atoms. The van der Waals surface area contributed by atoms with E-state index in [1.54, 1.807) is 48.5 Å². The summed E-state index contributed by atoms with van der Waals surface area (Å²) in [5, 5.41) is 3.40. The number of amides is 2. The van der Waals surface area contributed by atoms with E-state index in [4.69, 9.17) is 11.6 Å². The Morgan fingerprint density at radius 2 is 1.39 bits per heavy atom. The van der Waals surface area contributed by atoms with Gasteiger partial charge in [0.15, 0.2) is 0 Å². The summed E-state index contributed by atoms with van der Waals surface area (Å²) in [6.07, 6.45) is 0.227. The van der Waals surface area contributed by atoms with Gasteiger partial charge in [-0.15, -0.1) is 0 Å². The lowest BCUT2D eigenvalue weighted by Gasteiger charge is -2.34. The molecule has 0 heterocycles. The maximum atomic E-state index is 14.5. The summed E-state index contributed by atoms with van der Waals surface area (Å²) in [7, 11) is -4.16. The van der Waals surface area contributed by atoms with E-state index in [-0.39, 0.29) is 29.8 Å². The molecule has 2 amide bonds. The van der Waals surface area contributed by atoms with Crippen LogP contribution in [-0.2, 0) is 32.6 Å². The van der Waals surface area contributed by atoms with Crippen molar-refractivity contribution >= 4 is 39.1 Å².